The summed E-state index contributed by atoms with van der Waals surface area (Å²) in [6, 6.07) is 10.6. The minimum Gasteiger partial charge on any atom is -0.354 e. The smallest absolute Gasteiger partial charge is 0.242 e. The first-order valence-electron chi connectivity index (χ1n) is 9.61. The number of hydrogen-bond donors (Lipinski definition) is 1. The van der Waals surface area contributed by atoms with Gasteiger partial charge in [-0.05, 0) is 42.2 Å². The second-order valence-electron chi connectivity index (χ2n) is 6.75. The van der Waals surface area contributed by atoms with Crippen LogP contribution in [0.15, 0.2) is 42.5 Å². The Morgan fingerprint density at radius 3 is 2.45 bits per heavy atom. The van der Waals surface area contributed by atoms with Crippen LogP contribution < -0.4 is 5.32 Å². The fourth-order valence-corrected chi connectivity index (χ4v) is 3.35. The monoisotopic (exact) mass is 438 g/mol. The summed E-state index contributed by atoms with van der Waals surface area (Å²) in [5.74, 6) is -1.00. The molecule has 0 fully saturated rings. The summed E-state index contributed by atoms with van der Waals surface area (Å²) >= 11 is 12.1. The SMILES string of the molecule is CCCNC(=O)[C@H](CC)N(Cc1ccc(Cl)c(Cl)c1)C(=O)Cc1ccccc1F. The average molecular weight is 439 g/mol. The first kappa shape index (κ1) is 23.2. The van der Waals surface area contributed by atoms with Crippen LogP contribution in [-0.2, 0) is 22.6 Å². The Kier molecular flexibility index (Phi) is 8.93. The highest BCUT2D eigenvalue weighted by Crippen LogP contribution is 2.24. The molecule has 29 heavy (non-hydrogen) atoms. The van der Waals surface area contributed by atoms with Crippen LogP contribution in [0, 0.1) is 5.82 Å². The molecule has 2 aromatic carbocycles. The maximum Gasteiger partial charge on any atom is 0.242 e. The van der Waals surface area contributed by atoms with Gasteiger partial charge >= 0.3 is 0 Å². The predicted molar refractivity (Wildman–Crippen MR) is 114 cm³/mol. The minimum absolute atomic E-state index is 0.133. The molecule has 156 valence electrons. The Morgan fingerprint density at radius 1 is 1.10 bits per heavy atom. The fourth-order valence-electron chi connectivity index (χ4n) is 3.03. The van der Waals surface area contributed by atoms with Crippen molar-refractivity contribution in [2.75, 3.05) is 6.54 Å². The quantitative estimate of drug-likeness (QED) is 0.597. The van der Waals surface area contributed by atoms with Gasteiger partial charge in [0.1, 0.15) is 11.9 Å². The Bertz CT molecular complexity index is 860. The second-order valence-corrected chi connectivity index (χ2v) is 7.57. The third-order valence-corrected chi connectivity index (χ3v) is 5.31. The van der Waals surface area contributed by atoms with Crippen LogP contribution in [-0.4, -0.2) is 29.3 Å². The van der Waals surface area contributed by atoms with E-state index in [0.717, 1.165) is 12.0 Å². The van der Waals surface area contributed by atoms with Gasteiger partial charge in [0.25, 0.3) is 0 Å². The topological polar surface area (TPSA) is 49.4 Å². The largest absolute Gasteiger partial charge is 0.354 e. The summed E-state index contributed by atoms with van der Waals surface area (Å²) in [7, 11) is 0. The summed E-state index contributed by atoms with van der Waals surface area (Å²) in [6.07, 6.45) is 1.09. The number of nitrogens with zero attached hydrogens (tertiary/aromatic N) is 1. The van der Waals surface area contributed by atoms with E-state index in [1.807, 2.05) is 13.8 Å². The van der Waals surface area contributed by atoms with Crippen LogP contribution >= 0.6 is 23.2 Å². The molecule has 0 radical (unpaired) electrons. The molecule has 0 saturated heterocycles. The minimum atomic E-state index is -0.671. The van der Waals surface area contributed by atoms with Crippen molar-refractivity contribution in [2.45, 2.75) is 45.7 Å². The lowest BCUT2D eigenvalue weighted by molar-refractivity contribution is -0.141. The van der Waals surface area contributed by atoms with Gasteiger partial charge in [-0.1, -0.05) is 61.3 Å². The van der Waals surface area contributed by atoms with E-state index in [2.05, 4.69) is 5.32 Å². The number of amides is 2. The lowest BCUT2D eigenvalue weighted by Gasteiger charge is -2.31. The van der Waals surface area contributed by atoms with Gasteiger partial charge in [0.2, 0.25) is 11.8 Å². The standard InChI is InChI=1S/C22H25Cl2FN2O2/c1-3-11-26-22(29)20(4-2)27(14-15-9-10-17(23)18(24)12-15)21(28)13-16-7-5-6-8-19(16)25/h5-10,12,20H,3-4,11,13-14H2,1-2H3,(H,26,29)/t20-/m0/s1. The summed E-state index contributed by atoms with van der Waals surface area (Å²) < 4.78 is 14.1. The third-order valence-electron chi connectivity index (χ3n) is 4.57. The maximum atomic E-state index is 14.1. The summed E-state index contributed by atoms with van der Waals surface area (Å²) in [6.45, 7) is 4.49. The fraction of sp³-hybridized carbons (Fsp3) is 0.364. The van der Waals surface area contributed by atoms with Crippen molar-refractivity contribution < 1.29 is 14.0 Å². The summed E-state index contributed by atoms with van der Waals surface area (Å²) in [5.41, 5.74) is 1.03. The zero-order valence-corrected chi connectivity index (χ0v) is 18.1. The van der Waals surface area contributed by atoms with Gasteiger partial charge in [0.15, 0.2) is 0 Å². The number of carbonyl (C=O) groups excluding carboxylic acids is 2. The van der Waals surface area contributed by atoms with E-state index >= 15 is 0 Å². The Labute approximate surface area is 181 Å². The van der Waals surface area contributed by atoms with Crippen molar-refractivity contribution in [3.8, 4) is 0 Å². The molecule has 0 aliphatic rings. The molecule has 0 bridgehead atoms. The maximum absolute atomic E-state index is 14.1. The number of nitrogens with one attached hydrogen (secondary N) is 1. The molecule has 1 N–H and O–H groups in total. The Balaban J connectivity index is 2.32. The van der Waals surface area contributed by atoms with Crippen LogP contribution in [0.1, 0.15) is 37.8 Å². The van der Waals surface area contributed by atoms with Crippen molar-refractivity contribution in [3.05, 3.63) is 69.5 Å². The molecule has 2 aromatic rings. The number of hydrogen-bond acceptors (Lipinski definition) is 2. The van der Waals surface area contributed by atoms with Gasteiger partial charge in [0.05, 0.1) is 16.5 Å². The van der Waals surface area contributed by atoms with Crippen molar-refractivity contribution in [1.29, 1.82) is 0 Å². The van der Waals surface area contributed by atoms with Gasteiger partial charge in [-0.2, -0.15) is 0 Å². The zero-order valence-electron chi connectivity index (χ0n) is 16.6. The van der Waals surface area contributed by atoms with Crippen molar-refractivity contribution >= 4 is 35.0 Å². The Hall–Kier alpha value is -2.11. The van der Waals surface area contributed by atoms with Gasteiger partial charge in [-0.3, -0.25) is 9.59 Å². The average Bonchev–Trinajstić information content (AvgIpc) is 2.70. The van der Waals surface area contributed by atoms with E-state index in [1.165, 1.54) is 11.0 Å². The molecule has 0 heterocycles. The van der Waals surface area contributed by atoms with E-state index in [4.69, 9.17) is 23.2 Å². The number of carbonyl (C=O) groups is 2. The number of halogens is 3. The van der Waals surface area contributed by atoms with Crippen molar-refractivity contribution in [1.82, 2.24) is 10.2 Å². The van der Waals surface area contributed by atoms with Crippen LogP contribution in [0.3, 0.4) is 0 Å². The molecule has 0 unspecified atom stereocenters. The van der Waals surface area contributed by atoms with Crippen LogP contribution in [0.4, 0.5) is 4.39 Å². The molecule has 0 aliphatic carbocycles. The molecule has 0 aliphatic heterocycles. The lowest BCUT2D eigenvalue weighted by atomic mass is 10.1. The van der Waals surface area contributed by atoms with E-state index in [0.29, 0.717) is 28.6 Å². The normalized spacial score (nSPS) is 11.8. The lowest BCUT2D eigenvalue weighted by Crippen LogP contribution is -2.49. The molecule has 0 spiro atoms. The molecule has 2 amide bonds. The predicted octanol–water partition coefficient (Wildman–Crippen LogP) is 5.01. The molecule has 4 nitrogen and oxygen atoms in total. The van der Waals surface area contributed by atoms with Crippen LogP contribution in [0.5, 0.6) is 0 Å². The zero-order chi connectivity index (χ0) is 21.4. The molecule has 0 saturated carbocycles. The van der Waals surface area contributed by atoms with E-state index in [1.54, 1.807) is 36.4 Å². The van der Waals surface area contributed by atoms with E-state index in [9.17, 15) is 14.0 Å². The van der Waals surface area contributed by atoms with Crippen LogP contribution in [0.25, 0.3) is 0 Å². The number of rotatable bonds is 9. The molecular formula is C22H25Cl2FN2O2. The third kappa shape index (κ3) is 6.44. The first-order valence-corrected chi connectivity index (χ1v) is 10.4. The first-order chi connectivity index (χ1) is 13.9. The van der Waals surface area contributed by atoms with Gasteiger partial charge in [-0.25, -0.2) is 4.39 Å². The molecular weight excluding hydrogens is 414 g/mol. The number of benzene rings is 2. The molecule has 0 aromatic heterocycles. The highest BCUT2D eigenvalue weighted by Gasteiger charge is 2.29. The molecule has 7 heteroatoms. The van der Waals surface area contributed by atoms with Gasteiger partial charge in [-0.15, -0.1) is 0 Å². The van der Waals surface area contributed by atoms with Crippen LogP contribution in [0.2, 0.25) is 10.0 Å². The van der Waals surface area contributed by atoms with E-state index in [-0.39, 0.29) is 24.8 Å². The summed E-state index contributed by atoms with van der Waals surface area (Å²) in [4.78, 5) is 27.3. The van der Waals surface area contributed by atoms with Gasteiger partial charge < -0.3 is 10.2 Å². The highest BCUT2D eigenvalue weighted by atomic mass is 35.5. The van der Waals surface area contributed by atoms with Crippen molar-refractivity contribution in [2.24, 2.45) is 0 Å². The highest BCUT2D eigenvalue weighted by molar-refractivity contribution is 6.42. The Morgan fingerprint density at radius 2 is 1.83 bits per heavy atom. The van der Waals surface area contributed by atoms with Gasteiger partial charge in [0, 0.05) is 13.1 Å². The molecule has 2 rings (SSSR count). The molecule has 1 atom stereocenters. The summed E-state index contributed by atoms with van der Waals surface area (Å²) in [5, 5.41) is 3.63. The van der Waals surface area contributed by atoms with Crippen molar-refractivity contribution in [3.63, 3.8) is 0 Å². The van der Waals surface area contributed by atoms with E-state index < -0.39 is 11.9 Å². The second kappa shape index (κ2) is 11.2.